The van der Waals surface area contributed by atoms with E-state index in [1.54, 1.807) is 12.1 Å². The van der Waals surface area contributed by atoms with Crippen LogP contribution in [0, 0.1) is 0 Å². The molecule has 0 spiro atoms. The quantitative estimate of drug-likeness (QED) is 0.895. The second kappa shape index (κ2) is 5.56. The first-order valence-corrected chi connectivity index (χ1v) is 7.74. The van der Waals surface area contributed by atoms with E-state index in [9.17, 15) is 9.90 Å². The topological polar surface area (TPSA) is 49.3 Å². The smallest absolute Gasteiger partial charge is 0.251 e. The van der Waals surface area contributed by atoms with E-state index in [0.717, 1.165) is 18.4 Å². The number of nitrogens with one attached hydrogen (secondary N) is 1. The van der Waals surface area contributed by atoms with Crippen LogP contribution in [0.5, 0.6) is 0 Å². The Morgan fingerprint density at radius 1 is 1.35 bits per heavy atom. The van der Waals surface area contributed by atoms with Crippen molar-refractivity contribution in [3.63, 3.8) is 0 Å². The molecule has 3 rings (SSSR count). The van der Waals surface area contributed by atoms with Crippen LogP contribution in [0.15, 0.2) is 29.6 Å². The summed E-state index contributed by atoms with van der Waals surface area (Å²) < 4.78 is 0. The lowest BCUT2D eigenvalue weighted by Gasteiger charge is -2.13. The van der Waals surface area contributed by atoms with Gasteiger partial charge in [-0.05, 0) is 41.5 Å². The molecule has 1 atom stereocenters. The predicted octanol–water partition coefficient (Wildman–Crippen LogP) is 3.16. The molecule has 0 aliphatic carbocycles. The summed E-state index contributed by atoms with van der Waals surface area (Å²) in [6.45, 7) is 0.697. The summed E-state index contributed by atoms with van der Waals surface area (Å²) in [7, 11) is 0. The maximum absolute atomic E-state index is 12.0. The van der Waals surface area contributed by atoms with Gasteiger partial charge in [0.05, 0.1) is 9.90 Å². The van der Waals surface area contributed by atoms with Gasteiger partial charge in [-0.2, -0.15) is 0 Å². The molecule has 104 valence electrons. The van der Waals surface area contributed by atoms with Gasteiger partial charge < -0.3 is 10.4 Å². The van der Waals surface area contributed by atoms with Gasteiger partial charge in [0, 0.05) is 12.1 Å². The van der Waals surface area contributed by atoms with Crippen molar-refractivity contribution in [2.75, 3.05) is 6.54 Å². The summed E-state index contributed by atoms with van der Waals surface area (Å²) in [5.41, 5.74) is 2.39. The van der Waals surface area contributed by atoms with Crippen LogP contribution in [0.3, 0.4) is 0 Å². The molecule has 3 nitrogen and oxygen atoms in total. The van der Waals surface area contributed by atoms with E-state index in [1.165, 1.54) is 11.3 Å². The Balaban J connectivity index is 2.00. The Morgan fingerprint density at radius 3 is 2.95 bits per heavy atom. The summed E-state index contributed by atoms with van der Waals surface area (Å²) >= 11 is 7.47. The van der Waals surface area contributed by atoms with Crippen LogP contribution in [0.1, 0.15) is 38.9 Å². The number of halogens is 1. The average molecular weight is 308 g/mol. The number of thiophene rings is 1. The van der Waals surface area contributed by atoms with E-state index < -0.39 is 6.10 Å². The predicted molar refractivity (Wildman–Crippen MR) is 80.5 cm³/mol. The molecule has 0 saturated heterocycles. The fourth-order valence-corrected chi connectivity index (χ4v) is 3.59. The minimum atomic E-state index is -0.788. The van der Waals surface area contributed by atoms with Gasteiger partial charge in [0.15, 0.2) is 0 Å². The van der Waals surface area contributed by atoms with E-state index in [0.29, 0.717) is 27.6 Å². The number of hydrogen-bond acceptors (Lipinski definition) is 3. The first-order chi connectivity index (χ1) is 9.66. The van der Waals surface area contributed by atoms with Crippen molar-refractivity contribution in [2.24, 2.45) is 0 Å². The number of hydrogen-bond donors (Lipinski definition) is 2. The highest BCUT2D eigenvalue weighted by Gasteiger charge is 2.20. The highest BCUT2D eigenvalue weighted by Crippen LogP contribution is 2.33. The van der Waals surface area contributed by atoms with Crippen molar-refractivity contribution in [3.05, 3.63) is 56.2 Å². The lowest BCUT2D eigenvalue weighted by Crippen LogP contribution is -2.22. The maximum atomic E-state index is 12.0. The molecule has 2 heterocycles. The molecule has 1 amide bonds. The van der Waals surface area contributed by atoms with Gasteiger partial charge in [-0.15, -0.1) is 11.3 Å². The molecule has 0 fully saturated rings. The molecule has 2 aromatic rings. The van der Waals surface area contributed by atoms with Crippen LogP contribution < -0.4 is 5.32 Å². The minimum Gasteiger partial charge on any atom is -0.383 e. The van der Waals surface area contributed by atoms with Crippen molar-refractivity contribution >= 4 is 28.8 Å². The van der Waals surface area contributed by atoms with Crippen LogP contribution in [-0.2, 0) is 6.42 Å². The van der Waals surface area contributed by atoms with Crippen molar-refractivity contribution in [3.8, 4) is 0 Å². The monoisotopic (exact) mass is 307 g/mol. The summed E-state index contributed by atoms with van der Waals surface area (Å²) in [6, 6.07) is 7.34. The van der Waals surface area contributed by atoms with Crippen LogP contribution in [-0.4, -0.2) is 17.6 Å². The molecule has 2 N–H and O–H groups in total. The Labute approximate surface area is 126 Å². The van der Waals surface area contributed by atoms with E-state index in [1.807, 2.05) is 17.5 Å². The maximum Gasteiger partial charge on any atom is 0.251 e. The molecule has 0 saturated carbocycles. The average Bonchev–Trinajstić information content (AvgIpc) is 2.79. The number of carbonyl (C=O) groups excluding carboxylic acids is 1. The number of benzene rings is 1. The zero-order valence-corrected chi connectivity index (χ0v) is 12.3. The zero-order valence-electron chi connectivity index (χ0n) is 10.7. The van der Waals surface area contributed by atoms with E-state index in [-0.39, 0.29) is 5.91 Å². The summed E-state index contributed by atoms with van der Waals surface area (Å²) in [4.78, 5) is 12.7. The van der Waals surface area contributed by atoms with Gasteiger partial charge in [-0.25, -0.2) is 0 Å². The number of aliphatic hydroxyl groups is 1. The van der Waals surface area contributed by atoms with Gasteiger partial charge in [-0.3, -0.25) is 4.79 Å². The first-order valence-electron chi connectivity index (χ1n) is 6.49. The first kappa shape index (κ1) is 13.6. The molecule has 1 aromatic heterocycles. The Morgan fingerprint density at radius 2 is 2.20 bits per heavy atom. The summed E-state index contributed by atoms with van der Waals surface area (Å²) in [6.07, 6.45) is 1.03. The Hall–Kier alpha value is -1.36. The van der Waals surface area contributed by atoms with Gasteiger partial charge in [0.2, 0.25) is 0 Å². The number of aryl methyl sites for hydroxylation is 1. The van der Waals surface area contributed by atoms with Crippen LogP contribution in [0.2, 0.25) is 5.02 Å². The number of fused-ring (bicyclic) bond motifs is 1. The standard InChI is InChI=1S/C15H14ClNO2S/c16-12-5-7-20-14(12)13(18)10-4-3-9-2-1-6-17-15(19)11(9)8-10/h3-5,7-8,13,18H,1-2,6H2,(H,17,19). The van der Waals surface area contributed by atoms with E-state index in [4.69, 9.17) is 11.6 Å². The molecular weight excluding hydrogens is 294 g/mol. The Bertz CT molecular complexity index is 653. The molecular formula is C15H14ClNO2S. The molecule has 1 aromatic carbocycles. The van der Waals surface area contributed by atoms with Crippen molar-refractivity contribution in [1.82, 2.24) is 5.32 Å². The number of aliphatic hydroxyl groups excluding tert-OH is 1. The van der Waals surface area contributed by atoms with Crippen LogP contribution in [0.25, 0.3) is 0 Å². The third-order valence-corrected chi connectivity index (χ3v) is 4.91. The second-order valence-electron chi connectivity index (χ2n) is 4.81. The van der Waals surface area contributed by atoms with E-state index >= 15 is 0 Å². The summed E-state index contributed by atoms with van der Waals surface area (Å²) in [5, 5.41) is 15.7. The highest BCUT2D eigenvalue weighted by atomic mass is 35.5. The van der Waals surface area contributed by atoms with Crippen molar-refractivity contribution in [1.29, 1.82) is 0 Å². The van der Waals surface area contributed by atoms with E-state index in [2.05, 4.69) is 5.32 Å². The SMILES string of the molecule is O=C1NCCCc2ccc(C(O)c3sccc3Cl)cc21. The molecule has 20 heavy (non-hydrogen) atoms. The highest BCUT2D eigenvalue weighted by molar-refractivity contribution is 7.10. The van der Waals surface area contributed by atoms with Gasteiger partial charge in [-0.1, -0.05) is 23.7 Å². The molecule has 1 unspecified atom stereocenters. The third-order valence-electron chi connectivity index (χ3n) is 3.50. The molecule has 0 bridgehead atoms. The number of carbonyl (C=O) groups is 1. The van der Waals surface area contributed by atoms with Crippen LogP contribution >= 0.6 is 22.9 Å². The van der Waals surface area contributed by atoms with Crippen molar-refractivity contribution < 1.29 is 9.90 Å². The minimum absolute atomic E-state index is 0.0659. The summed E-state index contributed by atoms with van der Waals surface area (Å²) in [5.74, 6) is -0.0659. The molecule has 5 heteroatoms. The third kappa shape index (κ3) is 2.46. The van der Waals surface area contributed by atoms with Crippen LogP contribution in [0.4, 0.5) is 0 Å². The van der Waals surface area contributed by atoms with Gasteiger partial charge in [0.25, 0.3) is 5.91 Å². The van der Waals surface area contributed by atoms with Gasteiger partial charge >= 0.3 is 0 Å². The lowest BCUT2D eigenvalue weighted by molar-refractivity contribution is 0.0956. The Kier molecular flexibility index (Phi) is 3.78. The largest absolute Gasteiger partial charge is 0.383 e. The second-order valence-corrected chi connectivity index (χ2v) is 6.17. The number of rotatable bonds is 2. The van der Waals surface area contributed by atoms with Crippen molar-refractivity contribution in [2.45, 2.75) is 18.9 Å². The zero-order chi connectivity index (χ0) is 14.1. The molecule has 1 aliphatic heterocycles. The van der Waals surface area contributed by atoms with Gasteiger partial charge in [0.1, 0.15) is 6.10 Å². The molecule has 0 radical (unpaired) electrons. The fraction of sp³-hybridized carbons (Fsp3) is 0.267. The lowest BCUT2D eigenvalue weighted by atomic mass is 9.98. The normalized spacial score (nSPS) is 16.2. The number of amides is 1. The fourth-order valence-electron chi connectivity index (χ4n) is 2.42. The molecule has 1 aliphatic rings.